The van der Waals surface area contributed by atoms with Gasteiger partial charge in [0, 0.05) is 17.6 Å². The van der Waals surface area contributed by atoms with E-state index in [1.165, 1.54) is 11.3 Å². The van der Waals surface area contributed by atoms with Crippen LogP contribution in [0.25, 0.3) is 0 Å². The zero-order chi connectivity index (χ0) is 23.1. The number of rotatable bonds is 8. The lowest BCUT2D eigenvalue weighted by Gasteiger charge is -2.35. The monoisotopic (exact) mass is 476 g/mol. The summed E-state index contributed by atoms with van der Waals surface area (Å²) >= 11 is 12.1. The number of hydrogen-bond acceptors (Lipinski definition) is 3. The van der Waals surface area contributed by atoms with Crippen molar-refractivity contribution in [2.75, 3.05) is 13.0 Å². The maximum Gasteiger partial charge on any atom is 0.247 e. The number of benzene rings is 2. The molecule has 2 aromatic rings. The van der Waals surface area contributed by atoms with E-state index >= 15 is 0 Å². The topological polar surface area (TPSA) is 58.6 Å². The van der Waals surface area contributed by atoms with Crippen LogP contribution in [0.3, 0.4) is 0 Å². The van der Waals surface area contributed by atoms with Gasteiger partial charge < -0.3 is 15.0 Å². The van der Waals surface area contributed by atoms with Gasteiger partial charge in [-0.3, -0.25) is 9.59 Å². The average Bonchev–Trinajstić information content (AvgIpc) is 2.81. The summed E-state index contributed by atoms with van der Waals surface area (Å²) in [7, 11) is 1.59. The molecule has 7 heteroatoms. The molecule has 2 aromatic carbocycles. The second-order valence-electron chi connectivity index (χ2n) is 8.34. The van der Waals surface area contributed by atoms with E-state index in [1.54, 1.807) is 31.4 Å². The third-order valence-electron chi connectivity index (χ3n) is 6.11. The van der Waals surface area contributed by atoms with Crippen molar-refractivity contribution >= 4 is 35.0 Å². The fourth-order valence-electron chi connectivity index (χ4n) is 4.28. The Balaban J connectivity index is 1.95. The number of nitrogens with zero attached hydrogens (tertiary/aromatic N) is 1. The molecule has 32 heavy (non-hydrogen) atoms. The second-order valence-corrected chi connectivity index (χ2v) is 9.04. The highest BCUT2D eigenvalue weighted by molar-refractivity contribution is 6.30. The Morgan fingerprint density at radius 3 is 2.53 bits per heavy atom. The maximum absolute atomic E-state index is 13.6. The molecule has 0 radical (unpaired) electrons. The van der Waals surface area contributed by atoms with Gasteiger partial charge in [-0.15, -0.1) is 11.6 Å². The SMILES string of the molecule is COc1cccc(CN(C(=O)CCl)[C@H](C(=O)N[C@H]2CCCC[C@H]2C)c2ccc(Cl)cc2)c1. The first-order valence-corrected chi connectivity index (χ1v) is 11.9. The quantitative estimate of drug-likeness (QED) is 0.522. The third kappa shape index (κ3) is 6.17. The molecule has 0 unspecified atom stereocenters. The van der Waals surface area contributed by atoms with Gasteiger partial charge in [0.15, 0.2) is 0 Å². The molecule has 0 saturated heterocycles. The Morgan fingerprint density at radius 2 is 1.88 bits per heavy atom. The molecule has 5 nitrogen and oxygen atoms in total. The summed E-state index contributed by atoms with van der Waals surface area (Å²) in [6, 6.07) is 13.8. The van der Waals surface area contributed by atoms with Gasteiger partial charge in [-0.1, -0.05) is 55.6 Å². The van der Waals surface area contributed by atoms with Gasteiger partial charge in [0.05, 0.1) is 7.11 Å². The molecule has 1 saturated carbocycles. The molecule has 3 atom stereocenters. The van der Waals surface area contributed by atoms with Crippen molar-refractivity contribution < 1.29 is 14.3 Å². The fraction of sp³-hybridized carbons (Fsp3) is 0.440. The Bertz CT molecular complexity index is 920. The number of halogens is 2. The number of carbonyl (C=O) groups excluding carboxylic acids is 2. The lowest BCUT2D eigenvalue weighted by Crippen LogP contribution is -2.49. The molecule has 0 heterocycles. The Hall–Kier alpha value is -2.24. The van der Waals surface area contributed by atoms with Crippen molar-refractivity contribution in [1.29, 1.82) is 0 Å². The summed E-state index contributed by atoms with van der Waals surface area (Å²) in [5, 5.41) is 3.78. The first kappa shape index (κ1) is 24.4. The molecule has 2 amide bonds. The van der Waals surface area contributed by atoms with E-state index < -0.39 is 6.04 Å². The van der Waals surface area contributed by atoms with Crippen molar-refractivity contribution in [2.24, 2.45) is 5.92 Å². The van der Waals surface area contributed by atoms with E-state index in [2.05, 4.69) is 12.2 Å². The largest absolute Gasteiger partial charge is 0.497 e. The minimum Gasteiger partial charge on any atom is -0.497 e. The van der Waals surface area contributed by atoms with Crippen LogP contribution < -0.4 is 10.1 Å². The highest BCUT2D eigenvalue weighted by Crippen LogP contribution is 2.29. The predicted molar refractivity (Wildman–Crippen MR) is 128 cm³/mol. The van der Waals surface area contributed by atoms with Crippen molar-refractivity contribution in [2.45, 2.75) is 51.2 Å². The number of alkyl halides is 1. The lowest BCUT2D eigenvalue weighted by atomic mass is 9.85. The van der Waals surface area contributed by atoms with E-state index in [0.29, 0.717) is 22.3 Å². The molecular formula is C25H30Cl2N2O3. The Kier molecular flexibility index (Phi) is 8.83. The van der Waals surface area contributed by atoms with Crippen molar-refractivity contribution in [3.63, 3.8) is 0 Å². The molecule has 0 aromatic heterocycles. The minimum atomic E-state index is -0.821. The van der Waals surface area contributed by atoms with Crippen LogP contribution in [0, 0.1) is 5.92 Å². The third-order valence-corrected chi connectivity index (χ3v) is 6.59. The van der Waals surface area contributed by atoms with Gasteiger partial charge in [-0.2, -0.15) is 0 Å². The fourth-order valence-corrected chi connectivity index (χ4v) is 4.56. The van der Waals surface area contributed by atoms with E-state index in [1.807, 2.05) is 24.3 Å². The zero-order valence-corrected chi connectivity index (χ0v) is 20.0. The van der Waals surface area contributed by atoms with Crippen molar-refractivity contribution in [3.8, 4) is 5.75 Å². The van der Waals surface area contributed by atoms with E-state index in [0.717, 1.165) is 24.8 Å². The van der Waals surface area contributed by atoms with Crippen molar-refractivity contribution in [3.05, 3.63) is 64.7 Å². The van der Waals surface area contributed by atoms with Gasteiger partial charge in [-0.05, 0) is 54.2 Å². The predicted octanol–water partition coefficient (Wildman–Crippen LogP) is 5.35. The summed E-state index contributed by atoms with van der Waals surface area (Å²) < 4.78 is 5.32. The van der Waals surface area contributed by atoms with E-state index in [9.17, 15) is 9.59 Å². The lowest BCUT2D eigenvalue weighted by molar-refractivity contribution is -0.140. The molecule has 172 valence electrons. The molecule has 1 aliphatic rings. The van der Waals surface area contributed by atoms with Gasteiger partial charge in [0.1, 0.15) is 17.7 Å². The van der Waals surface area contributed by atoms with Crippen LogP contribution in [-0.4, -0.2) is 35.7 Å². The zero-order valence-electron chi connectivity index (χ0n) is 18.5. The molecule has 1 aliphatic carbocycles. The number of hydrogen-bond donors (Lipinski definition) is 1. The molecule has 0 spiro atoms. The van der Waals surface area contributed by atoms with Crippen LogP contribution in [0.5, 0.6) is 5.75 Å². The van der Waals surface area contributed by atoms with Crippen LogP contribution in [-0.2, 0) is 16.1 Å². The van der Waals surface area contributed by atoms with Crippen molar-refractivity contribution in [1.82, 2.24) is 10.2 Å². The van der Waals surface area contributed by atoms with Crippen LogP contribution in [0.1, 0.15) is 49.8 Å². The first-order chi connectivity index (χ1) is 15.4. The van der Waals surface area contributed by atoms with E-state index in [4.69, 9.17) is 27.9 Å². The summed E-state index contributed by atoms with van der Waals surface area (Å²) in [5.74, 6) is 0.341. The van der Waals surface area contributed by atoms with Crippen LogP contribution in [0.15, 0.2) is 48.5 Å². The van der Waals surface area contributed by atoms with E-state index in [-0.39, 0.29) is 30.3 Å². The number of nitrogens with one attached hydrogen (secondary N) is 1. The number of amides is 2. The molecule has 1 fully saturated rings. The number of ether oxygens (including phenoxy) is 1. The minimum absolute atomic E-state index is 0.0934. The number of carbonyl (C=O) groups is 2. The van der Waals surface area contributed by atoms with Gasteiger partial charge in [0.2, 0.25) is 11.8 Å². The normalized spacial score (nSPS) is 19.1. The van der Waals surface area contributed by atoms with Crippen LogP contribution >= 0.6 is 23.2 Å². The molecule has 3 rings (SSSR count). The highest BCUT2D eigenvalue weighted by atomic mass is 35.5. The summed E-state index contributed by atoms with van der Waals surface area (Å²) in [4.78, 5) is 28.1. The molecule has 0 bridgehead atoms. The van der Waals surface area contributed by atoms with Gasteiger partial charge >= 0.3 is 0 Å². The van der Waals surface area contributed by atoms with Gasteiger partial charge in [0.25, 0.3) is 0 Å². The average molecular weight is 477 g/mol. The summed E-state index contributed by atoms with van der Waals surface area (Å²) in [6.07, 6.45) is 4.31. The van der Waals surface area contributed by atoms with Gasteiger partial charge in [-0.25, -0.2) is 0 Å². The summed E-state index contributed by atoms with van der Waals surface area (Å²) in [6.45, 7) is 2.39. The molecule has 0 aliphatic heterocycles. The first-order valence-electron chi connectivity index (χ1n) is 11.0. The van der Waals surface area contributed by atoms with Crippen LogP contribution in [0.4, 0.5) is 0 Å². The number of methoxy groups -OCH3 is 1. The summed E-state index contributed by atoms with van der Waals surface area (Å²) in [5.41, 5.74) is 1.54. The Labute approximate surface area is 200 Å². The maximum atomic E-state index is 13.6. The Morgan fingerprint density at radius 1 is 1.16 bits per heavy atom. The van der Waals surface area contributed by atoms with Crippen LogP contribution in [0.2, 0.25) is 5.02 Å². The smallest absolute Gasteiger partial charge is 0.247 e. The standard InChI is InChI=1S/C25H30Cl2N2O3/c1-17-6-3-4-9-22(17)28-25(31)24(19-10-12-20(27)13-11-19)29(23(30)15-26)16-18-7-5-8-21(14-18)32-2/h5,7-8,10-14,17,22,24H,3-4,6,9,15-16H2,1-2H3,(H,28,31)/t17-,22+,24+/m1/s1. The second kappa shape index (κ2) is 11.6. The highest BCUT2D eigenvalue weighted by Gasteiger charge is 2.33. The molecular weight excluding hydrogens is 447 g/mol. The molecule has 1 N–H and O–H groups in total.